The zero-order chi connectivity index (χ0) is 14.0. The highest BCUT2D eigenvalue weighted by Gasteiger charge is 2.28. The quantitative estimate of drug-likeness (QED) is 0.764. The van der Waals surface area contributed by atoms with E-state index in [9.17, 15) is 4.79 Å². The molecular formula is C15H22BrNOS. The van der Waals surface area contributed by atoms with Gasteiger partial charge in [-0.25, -0.2) is 0 Å². The Morgan fingerprint density at radius 1 is 1.47 bits per heavy atom. The van der Waals surface area contributed by atoms with Crippen molar-refractivity contribution in [2.75, 3.05) is 6.54 Å². The van der Waals surface area contributed by atoms with E-state index in [0.717, 1.165) is 20.8 Å². The van der Waals surface area contributed by atoms with Crippen LogP contribution in [-0.4, -0.2) is 23.4 Å². The van der Waals surface area contributed by atoms with Gasteiger partial charge in [0.1, 0.15) is 0 Å². The maximum atomic E-state index is 12.7. The van der Waals surface area contributed by atoms with Crippen molar-refractivity contribution in [2.45, 2.75) is 52.5 Å². The average molecular weight is 344 g/mol. The van der Waals surface area contributed by atoms with Crippen molar-refractivity contribution in [3.05, 3.63) is 20.3 Å². The smallest absolute Gasteiger partial charge is 0.264 e. The summed E-state index contributed by atoms with van der Waals surface area (Å²) in [6.07, 6.45) is 4.87. The molecule has 2 nitrogen and oxygen atoms in total. The molecular weight excluding hydrogens is 322 g/mol. The first kappa shape index (κ1) is 15.0. The fraction of sp³-hybridized carbons (Fsp3) is 0.667. The molecule has 0 saturated heterocycles. The first-order valence-corrected chi connectivity index (χ1v) is 8.67. The number of rotatable bonds is 4. The summed E-state index contributed by atoms with van der Waals surface area (Å²) in [5, 5.41) is 0. The van der Waals surface area contributed by atoms with E-state index in [1.165, 1.54) is 25.7 Å². The number of halogens is 1. The van der Waals surface area contributed by atoms with Gasteiger partial charge in [0.05, 0.1) is 8.66 Å². The molecule has 1 aromatic heterocycles. The lowest BCUT2D eigenvalue weighted by atomic mass is 10.1. The number of carbonyl (C=O) groups is 1. The maximum absolute atomic E-state index is 12.7. The van der Waals surface area contributed by atoms with Gasteiger partial charge in [-0.15, -0.1) is 11.3 Å². The molecule has 0 radical (unpaired) electrons. The van der Waals surface area contributed by atoms with E-state index in [1.807, 2.05) is 13.0 Å². The van der Waals surface area contributed by atoms with E-state index < -0.39 is 0 Å². The van der Waals surface area contributed by atoms with Crippen LogP contribution in [0, 0.1) is 12.8 Å². The fourth-order valence-electron chi connectivity index (χ4n) is 2.71. The van der Waals surface area contributed by atoms with Gasteiger partial charge in [-0.3, -0.25) is 4.79 Å². The molecule has 1 aromatic rings. The van der Waals surface area contributed by atoms with Crippen molar-refractivity contribution in [3.63, 3.8) is 0 Å². The maximum Gasteiger partial charge on any atom is 0.264 e. The standard InChI is InChI=1S/C15H22BrNOS/c1-10(2)9-17(12-6-4-5-7-12)15(18)13-8-11(3)14(16)19-13/h8,10,12H,4-7,9H2,1-3H3. The zero-order valence-corrected chi connectivity index (χ0v) is 14.3. The topological polar surface area (TPSA) is 20.3 Å². The van der Waals surface area contributed by atoms with Gasteiger partial charge in [0.2, 0.25) is 0 Å². The first-order valence-electron chi connectivity index (χ1n) is 7.06. The molecule has 0 aliphatic heterocycles. The van der Waals surface area contributed by atoms with Gasteiger partial charge < -0.3 is 4.90 Å². The monoisotopic (exact) mass is 343 g/mol. The second-order valence-electron chi connectivity index (χ2n) is 5.86. The molecule has 1 aliphatic rings. The molecule has 1 heterocycles. The number of nitrogens with zero attached hydrogens (tertiary/aromatic N) is 1. The molecule has 1 fully saturated rings. The Morgan fingerprint density at radius 2 is 2.11 bits per heavy atom. The second kappa shape index (κ2) is 6.40. The zero-order valence-electron chi connectivity index (χ0n) is 11.9. The number of hydrogen-bond acceptors (Lipinski definition) is 2. The summed E-state index contributed by atoms with van der Waals surface area (Å²) in [7, 11) is 0. The Balaban J connectivity index is 2.19. The van der Waals surface area contributed by atoms with E-state index in [4.69, 9.17) is 0 Å². The van der Waals surface area contributed by atoms with Crippen LogP contribution in [0.1, 0.15) is 54.8 Å². The Hall–Kier alpha value is -0.350. The minimum Gasteiger partial charge on any atom is -0.335 e. The van der Waals surface area contributed by atoms with Gasteiger partial charge in [0.15, 0.2) is 0 Å². The highest BCUT2D eigenvalue weighted by atomic mass is 79.9. The van der Waals surface area contributed by atoms with Crippen molar-refractivity contribution in [1.29, 1.82) is 0 Å². The van der Waals surface area contributed by atoms with E-state index in [-0.39, 0.29) is 5.91 Å². The molecule has 1 aliphatic carbocycles. The second-order valence-corrected chi connectivity index (χ2v) is 8.23. The number of hydrogen-bond donors (Lipinski definition) is 0. The Labute approximate surface area is 128 Å². The van der Waals surface area contributed by atoms with Crippen LogP contribution in [0.2, 0.25) is 0 Å². The molecule has 19 heavy (non-hydrogen) atoms. The van der Waals surface area contributed by atoms with Gasteiger partial charge in [-0.1, -0.05) is 26.7 Å². The third kappa shape index (κ3) is 3.60. The molecule has 0 N–H and O–H groups in total. The van der Waals surface area contributed by atoms with Crippen LogP contribution in [0.25, 0.3) is 0 Å². The summed E-state index contributed by atoms with van der Waals surface area (Å²) in [6, 6.07) is 2.47. The van der Waals surface area contributed by atoms with Crippen LogP contribution in [0.4, 0.5) is 0 Å². The van der Waals surface area contributed by atoms with E-state index >= 15 is 0 Å². The highest BCUT2D eigenvalue weighted by molar-refractivity contribution is 9.11. The summed E-state index contributed by atoms with van der Waals surface area (Å²) in [5.74, 6) is 0.744. The van der Waals surface area contributed by atoms with Crippen molar-refractivity contribution in [1.82, 2.24) is 4.90 Å². The van der Waals surface area contributed by atoms with Gasteiger partial charge >= 0.3 is 0 Å². The minimum absolute atomic E-state index is 0.222. The fourth-order valence-corrected chi connectivity index (χ4v) is 4.20. The van der Waals surface area contributed by atoms with Crippen LogP contribution in [-0.2, 0) is 0 Å². The molecule has 0 atom stereocenters. The Kier molecular flexibility index (Phi) is 5.07. The summed E-state index contributed by atoms with van der Waals surface area (Å²) in [6.45, 7) is 7.29. The number of aryl methyl sites for hydroxylation is 1. The van der Waals surface area contributed by atoms with Crippen LogP contribution >= 0.6 is 27.3 Å². The molecule has 106 valence electrons. The molecule has 0 spiro atoms. The van der Waals surface area contributed by atoms with Crippen molar-refractivity contribution in [2.24, 2.45) is 5.92 Å². The third-order valence-electron chi connectivity index (χ3n) is 3.66. The molecule has 2 rings (SSSR count). The normalized spacial score (nSPS) is 16.3. The van der Waals surface area contributed by atoms with Gasteiger partial charge in [0.25, 0.3) is 5.91 Å². The average Bonchev–Trinajstić information content (AvgIpc) is 2.96. The summed E-state index contributed by atoms with van der Waals surface area (Å²) < 4.78 is 1.08. The third-order valence-corrected chi connectivity index (χ3v) is 5.78. The van der Waals surface area contributed by atoms with Gasteiger partial charge in [-0.2, -0.15) is 0 Å². The molecule has 0 unspecified atom stereocenters. The SMILES string of the molecule is Cc1cc(C(=O)N(CC(C)C)C2CCCC2)sc1Br. The molecule has 1 amide bonds. The van der Waals surface area contributed by atoms with Crippen molar-refractivity contribution in [3.8, 4) is 0 Å². The molecule has 0 aromatic carbocycles. The van der Waals surface area contributed by atoms with Gasteiger partial charge in [-0.05, 0) is 53.2 Å². The largest absolute Gasteiger partial charge is 0.335 e. The van der Waals surface area contributed by atoms with Gasteiger partial charge in [0, 0.05) is 12.6 Å². The summed E-state index contributed by atoms with van der Waals surface area (Å²) in [4.78, 5) is 15.7. The Morgan fingerprint density at radius 3 is 2.58 bits per heavy atom. The number of amides is 1. The summed E-state index contributed by atoms with van der Waals surface area (Å²) in [5.41, 5.74) is 1.16. The van der Waals surface area contributed by atoms with Crippen LogP contribution in [0.5, 0.6) is 0 Å². The lowest BCUT2D eigenvalue weighted by molar-refractivity contribution is 0.0660. The van der Waals surface area contributed by atoms with Crippen molar-refractivity contribution >= 4 is 33.2 Å². The molecule has 1 saturated carbocycles. The van der Waals surface area contributed by atoms with E-state index in [2.05, 4.69) is 34.7 Å². The van der Waals surface area contributed by atoms with Crippen molar-refractivity contribution < 1.29 is 4.79 Å². The molecule has 0 bridgehead atoms. The lowest BCUT2D eigenvalue weighted by Gasteiger charge is -2.30. The number of thiophene rings is 1. The first-order chi connectivity index (χ1) is 8.99. The van der Waals surface area contributed by atoms with Crippen LogP contribution < -0.4 is 0 Å². The van der Waals surface area contributed by atoms with Crippen LogP contribution in [0.3, 0.4) is 0 Å². The predicted molar refractivity (Wildman–Crippen MR) is 84.9 cm³/mol. The predicted octanol–water partition coefficient (Wildman–Crippen LogP) is 4.86. The lowest BCUT2D eigenvalue weighted by Crippen LogP contribution is -2.40. The minimum atomic E-state index is 0.222. The Bertz CT molecular complexity index is 429. The van der Waals surface area contributed by atoms with E-state index in [1.54, 1.807) is 11.3 Å². The van der Waals surface area contributed by atoms with E-state index in [0.29, 0.717) is 12.0 Å². The summed E-state index contributed by atoms with van der Waals surface area (Å²) >= 11 is 5.08. The molecule has 4 heteroatoms. The number of carbonyl (C=O) groups excluding carboxylic acids is 1. The van der Waals surface area contributed by atoms with Crippen LogP contribution in [0.15, 0.2) is 9.85 Å². The highest BCUT2D eigenvalue weighted by Crippen LogP contribution is 2.31.